The van der Waals surface area contributed by atoms with Crippen LogP contribution in [0.4, 0.5) is 8.78 Å². The normalized spacial score (nSPS) is 12.4. The summed E-state index contributed by atoms with van der Waals surface area (Å²) in [7, 11) is 0. The van der Waals surface area contributed by atoms with Crippen LogP contribution in [0.2, 0.25) is 0 Å². The van der Waals surface area contributed by atoms with Crippen molar-refractivity contribution in [3.8, 4) is 0 Å². The van der Waals surface area contributed by atoms with E-state index in [1.165, 1.54) is 6.07 Å². The zero-order chi connectivity index (χ0) is 16.8. The minimum absolute atomic E-state index is 0.0606. The van der Waals surface area contributed by atoms with Gasteiger partial charge in [0.25, 0.3) is 5.91 Å². The molecule has 1 heterocycles. The zero-order valence-electron chi connectivity index (χ0n) is 13.2. The molecule has 0 saturated carbocycles. The third kappa shape index (κ3) is 4.36. The van der Waals surface area contributed by atoms with Gasteiger partial charge in [0.05, 0.1) is 6.04 Å². The molecule has 124 valence electrons. The summed E-state index contributed by atoms with van der Waals surface area (Å²) >= 11 is 1.61. The Labute approximate surface area is 138 Å². The maximum atomic E-state index is 13.2. The van der Waals surface area contributed by atoms with Gasteiger partial charge in [0.15, 0.2) is 11.6 Å². The molecule has 6 heteroatoms. The lowest BCUT2D eigenvalue weighted by molar-refractivity contribution is 0.0934. The number of amides is 1. The molecule has 0 saturated heterocycles. The number of rotatable bonds is 7. The predicted molar refractivity (Wildman–Crippen MR) is 88.7 cm³/mol. The van der Waals surface area contributed by atoms with E-state index in [2.05, 4.69) is 29.4 Å². The highest BCUT2D eigenvalue weighted by Crippen LogP contribution is 2.22. The average Bonchev–Trinajstić information content (AvgIpc) is 3.07. The first kappa shape index (κ1) is 17.6. The van der Waals surface area contributed by atoms with Gasteiger partial charge in [0, 0.05) is 12.1 Å². The third-order valence-electron chi connectivity index (χ3n) is 3.82. The van der Waals surface area contributed by atoms with E-state index in [9.17, 15) is 13.6 Å². The molecule has 0 bridgehead atoms. The van der Waals surface area contributed by atoms with Gasteiger partial charge in [-0.05, 0) is 53.7 Å². The highest BCUT2D eigenvalue weighted by Gasteiger charge is 2.20. The molecular formula is C17H20F2N2OS. The van der Waals surface area contributed by atoms with Crippen LogP contribution in [0.1, 0.15) is 35.8 Å². The molecule has 1 N–H and O–H groups in total. The molecule has 1 aromatic carbocycles. The van der Waals surface area contributed by atoms with Crippen LogP contribution in [0.5, 0.6) is 0 Å². The molecule has 0 aliphatic rings. The Morgan fingerprint density at radius 2 is 1.96 bits per heavy atom. The number of carbonyl (C=O) groups is 1. The van der Waals surface area contributed by atoms with Gasteiger partial charge in [0.1, 0.15) is 0 Å². The minimum Gasteiger partial charge on any atom is -0.350 e. The smallest absolute Gasteiger partial charge is 0.251 e. The van der Waals surface area contributed by atoms with Crippen LogP contribution in [0, 0.1) is 11.6 Å². The maximum Gasteiger partial charge on any atom is 0.251 e. The number of carbonyl (C=O) groups excluding carboxylic acids is 1. The topological polar surface area (TPSA) is 32.3 Å². The number of thiophene rings is 1. The Morgan fingerprint density at radius 3 is 2.52 bits per heavy atom. The highest BCUT2D eigenvalue weighted by atomic mass is 32.1. The summed E-state index contributed by atoms with van der Waals surface area (Å²) < 4.78 is 26.2. The molecule has 0 aliphatic carbocycles. The number of hydrogen-bond acceptors (Lipinski definition) is 3. The first-order valence-corrected chi connectivity index (χ1v) is 8.50. The van der Waals surface area contributed by atoms with E-state index in [1.807, 2.05) is 11.4 Å². The van der Waals surface area contributed by atoms with Gasteiger partial charge in [-0.3, -0.25) is 9.69 Å². The Morgan fingerprint density at radius 1 is 1.22 bits per heavy atom. The lowest BCUT2D eigenvalue weighted by atomic mass is 10.1. The van der Waals surface area contributed by atoms with Gasteiger partial charge < -0.3 is 5.32 Å². The van der Waals surface area contributed by atoms with Crippen molar-refractivity contribution in [2.75, 3.05) is 19.6 Å². The Kier molecular flexibility index (Phi) is 6.24. The van der Waals surface area contributed by atoms with Crippen LogP contribution in [0.15, 0.2) is 35.0 Å². The highest BCUT2D eigenvalue weighted by molar-refractivity contribution is 7.07. The lowest BCUT2D eigenvalue weighted by Crippen LogP contribution is -2.37. The molecule has 0 radical (unpaired) electrons. The molecule has 0 unspecified atom stereocenters. The molecule has 1 aromatic heterocycles. The van der Waals surface area contributed by atoms with Crippen molar-refractivity contribution in [2.45, 2.75) is 19.9 Å². The Balaban J connectivity index is 2.08. The average molecular weight is 338 g/mol. The molecule has 1 amide bonds. The maximum absolute atomic E-state index is 13.2. The van der Waals surface area contributed by atoms with E-state index in [0.29, 0.717) is 6.54 Å². The fourth-order valence-corrected chi connectivity index (χ4v) is 3.22. The summed E-state index contributed by atoms with van der Waals surface area (Å²) in [6, 6.07) is 5.26. The van der Waals surface area contributed by atoms with Gasteiger partial charge in [-0.1, -0.05) is 13.8 Å². The number of likely N-dealkylation sites (N-methyl/N-ethyl adjacent to an activating group) is 1. The van der Waals surface area contributed by atoms with Gasteiger partial charge in [-0.25, -0.2) is 8.78 Å². The van der Waals surface area contributed by atoms with Crippen molar-refractivity contribution >= 4 is 17.2 Å². The summed E-state index contributed by atoms with van der Waals surface area (Å²) in [5.41, 5.74) is 1.26. The first-order valence-electron chi connectivity index (χ1n) is 7.56. The standard InChI is InChI=1S/C17H20F2N2OS/c1-3-21(4-2)16(13-7-8-23-11-13)10-20-17(22)12-5-6-14(18)15(19)9-12/h5-9,11,16H,3-4,10H2,1-2H3,(H,20,22)/t16-/m0/s1. The van der Waals surface area contributed by atoms with E-state index in [1.54, 1.807) is 11.3 Å². The lowest BCUT2D eigenvalue weighted by Gasteiger charge is -2.29. The van der Waals surface area contributed by atoms with E-state index in [4.69, 9.17) is 0 Å². The number of nitrogens with one attached hydrogen (secondary N) is 1. The molecule has 2 rings (SSSR count). The van der Waals surface area contributed by atoms with Gasteiger partial charge in [-0.2, -0.15) is 11.3 Å². The summed E-state index contributed by atoms with van der Waals surface area (Å²) in [5.74, 6) is -2.38. The number of halogens is 2. The SMILES string of the molecule is CCN(CC)[C@@H](CNC(=O)c1ccc(F)c(F)c1)c1ccsc1. The number of nitrogens with zero attached hydrogens (tertiary/aromatic N) is 1. The van der Waals surface area contributed by atoms with Crippen LogP contribution in [-0.4, -0.2) is 30.4 Å². The minimum atomic E-state index is -1.02. The summed E-state index contributed by atoms with van der Waals surface area (Å²) in [6.45, 7) is 6.27. The van der Waals surface area contributed by atoms with Crippen molar-refractivity contribution in [3.05, 3.63) is 57.8 Å². The van der Waals surface area contributed by atoms with Crippen LogP contribution >= 0.6 is 11.3 Å². The molecule has 1 atom stereocenters. The second kappa shape index (κ2) is 8.17. The molecule has 2 aromatic rings. The molecule has 0 aliphatic heterocycles. The van der Waals surface area contributed by atoms with Crippen LogP contribution in [0.3, 0.4) is 0 Å². The van der Waals surface area contributed by atoms with Crippen molar-refractivity contribution in [1.82, 2.24) is 10.2 Å². The molecular weight excluding hydrogens is 318 g/mol. The van der Waals surface area contributed by atoms with E-state index in [-0.39, 0.29) is 11.6 Å². The predicted octanol–water partition coefficient (Wildman–Crippen LogP) is 3.84. The summed E-state index contributed by atoms with van der Waals surface area (Å²) in [5, 5.41) is 6.88. The van der Waals surface area contributed by atoms with Crippen molar-refractivity contribution in [1.29, 1.82) is 0 Å². The summed E-state index contributed by atoms with van der Waals surface area (Å²) in [6.07, 6.45) is 0. The number of hydrogen-bond donors (Lipinski definition) is 1. The van der Waals surface area contributed by atoms with Gasteiger partial charge in [-0.15, -0.1) is 0 Å². The van der Waals surface area contributed by atoms with E-state index < -0.39 is 17.5 Å². The first-order chi connectivity index (χ1) is 11.1. The summed E-state index contributed by atoms with van der Waals surface area (Å²) in [4.78, 5) is 14.4. The quantitative estimate of drug-likeness (QED) is 0.832. The third-order valence-corrected chi connectivity index (χ3v) is 4.52. The van der Waals surface area contributed by atoms with Crippen LogP contribution in [-0.2, 0) is 0 Å². The molecule has 3 nitrogen and oxygen atoms in total. The van der Waals surface area contributed by atoms with Crippen molar-refractivity contribution < 1.29 is 13.6 Å². The number of benzene rings is 1. The van der Waals surface area contributed by atoms with Gasteiger partial charge in [0.2, 0.25) is 0 Å². The van der Waals surface area contributed by atoms with E-state index in [0.717, 1.165) is 30.8 Å². The Hall–Kier alpha value is -1.79. The van der Waals surface area contributed by atoms with Crippen molar-refractivity contribution in [2.24, 2.45) is 0 Å². The zero-order valence-corrected chi connectivity index (χ0v) is 14.0. The Bertz CT molecular complexity index is 642. The van der Waals surface area contributed by atoms with Gasteiger partial charge >= 0.3 is 0 Å². The molecule has 0 spiro atoms. The fraction of sp³-hybridized carbons (Fsp3) is 0.353. The van der Waals surface area contributed by atoms with Crippen LogP contribution < -0.4 is 5.32 Å². The molecule has 0 fully saturated rings. The largest absolute Gasteiger partial charge is 0.350 e. The van der Waals surface area contributed by atoms with Crippen molar-refractivity contribution in [3.63, 3.8) is 0 Å². The second-order valence-electron chi connectivity index (χ2n) is 5.13. The molecule has 23 heavy (non-hydrogen) atoms. The fourth-order valence-electron chi connectivity index (χ4n) is 2.52. The van der Waals surface area contributed by atoms with Crippen LogP contribution in [0.25, 0.3) is 0 Å². The van der Waals surface area contributed by atoms with E-state index >= 15 is 0 Å². The monoisotopic (exact) mass is 338 g/mol. The second-order valence-corrected chi connectivity index (χ2v) is 5.91.